The van der Waals surface area contributed by atoms with Gasteiger partial charge in [-0.3, -0.25) is 18.7 Å². The highest BCUT2D eigenvalue weighted by Crippen LogP contribution is 2.54. The molecule has 2 aliphatic heterocycles. The lowest BCUT2D eigenvalue weighted by atomic mass is 9.78. The van der Waals surface area contributed by atoms with Gasteiger partial charge in [-0.2, -0.15) is 0 Å². The fraction of sp³-hybridized carbons (Fsp3) is 0.222. The van der Waals surface area contributed by atoms with Gasteiger partial charge in [-0.25, -0.2) is 4.79 Å². The van der Waals surface area contributed by atoms with Crippen molar-refractivity contribution in [3.8, 4) is 5.75 Å². The van der Waals surface area contributed by atoms with E-state index in [-0.39, 0.29) is 33.9 Å². The predicted octanol–water partition coefficient (Wildman–Crippen LogP) is 3.51. The number of benzene rings is 2. The van der Waals surface area contributed by atoms with Gasteiger partial charge in [0.2, 0.25) is 4.74 Å². The van der Waals surface area contributed by atoms with E-state index in [1.165, 1.54) is 23.0 Å². The first-order chi connectivity index (χ1) is 17.0. The van der Waals surface area contributed by atoms with E-state index in [0.29, 0.717) is 28.9 Å². The summed E-state index contributed by atoms with van der Waals surface area (Å²) in [5, 5.41) is 1.41. The van der Waals surface area contributed by atoms with Gasteiger partial charge in [0.1, 0.15) is 17.5 Å². The van der Waals surface area contributed by atoms with Crippen molar-refractivity contribution in [2.45, 2.75) is 18.6 Å². The van der Waals surface area contributed by atoms with Crippen LogP contribution in [0.2, 0.25) is 0 Å². The second-order valence-corrected chi connectivity index (χ2v) is 10.4. The Morgan fingerprint density at radius 1 is 0.914 bits per heavy atom. The molecule has 0 bridgehead atoms. The number of rotatable bonds is 1. The standard InChI is InChI=1S/C27H21N3O4S/c1-28-24-16(25(31)29(2)27(28)33)12-18-20-17(13-30(18)24)22(14-8-4-3-5-9-14)34-23-15-10-6-7-11-19(15)35-26(32)21(20)23/h3-12,17,20,22H,13H2,1-2H3/t17-,20-,22-/m1/s1. The Hall–Kier alpha value is -3.91. The second-order valence-electron chi connectivity index (χ2n) is 9.34. The van der Waals surface area contributed by atoms with Crippen LogP contribution in [0.3, 0.4) is 0 Å². The maximum atomic E-state index is 13.5. The Labute approximate surface area is 203 Å². The molecule has 0 N–H and O–H groups in total. The highest BCUT2D eigenvalue weighted by atomic mass is 32.1. The molecule has 2 aromatic carbocycles. The fourth-order valence-electron chi connectivity index (χ4n) is 5.98. The molecule has 0 saturated heterocycles. The molecule has 0 spiro atoms. The number of hydrogen-bond acceptors (Lipinski definition) is 5. The van der Waals surface area contributed by atoms with E-state index >= 15 is 0 Å². The van der Waals surface area contributed by atoms with Crippen LogP contribution in [0.25, 0.3) is 21.1 Å². The van der Waals surface area contributed by atoms with Crippen LogP contribution in [0, 0.1) is 5.92 Å². The van der Waals surface area contributed by atoms with Crippen LogP contribution in [0.1, 0.15) is 28.8 Å². The largest absolute Gasteiger partial charge is 0.484 e. The van der Waals surface area contributed by atoms with Gasteiger partial charge >= 0.3 is 5.69 Å². The number of nitrogens with zero attached hydrogens (tertiary/aromatic N) is 3. The lowest BCUT2D eigenvalue weighted by Crippen LogP contribution is -2.37. The zero-order chi connectivity index (χ0) is 24.0. The summed E-state index contributed by atoms with van der Waals surface area (Å²) in [6, 6.07) is 19.8. The summed E-state index contributed by atoms with van der Waals surface area (Å²) in [6.45, 7) is 0.542. The van der Waals surface area contributed by atoms with Crippen molar-refractivity contribution < 1.29 is 4.74 Å². The van der Waals surface area contributed by atoms with Crippen molar-refractivity contribution in [1.29, 1.82) is 0 Å². The topological polar surface area (TPSA) is 75.2 Å². The molecule has 3 aromatic heterocycles. The smallest absolute Gasteiger partial charge is 0.332 e. The van der Waals surface area contributed by atoms with Gasteiger partial charge in [0, 0.05) is 48.3 Å². The molecule has 0 fully saturated rings. The summed E-state index contributed by atoms with van der Waals surface area (Å²) in [7, 11) is 3.18. The first-order valence-corrected chi connectivity index (χ1v) is 12.3. The summed E-state index contributed by atoms with van der Waals surface area (Å²) in [4.78, 5) is 39.3. The lowest BCUT2D eigenvalue weighted by Gasteiger charge is -2.36. The van der Waals surface area contributed by atoms with Crippen molar-refractivity contribution in [3.63, 3.8) is 0 Å². The Morgan fingerprint density at radius 3 is 2.46 bits per heavy atom. The fourth-order valence-corrected chi connectivity index (χ4v) is 6.93. The molecule has 2 aliphatic rings. The number of ether oxygens (including phenoxy) is 1. The molecule has 174 valence electrons. The summed E-state index contributed by atoms with van der Waals surface area (Å²) in [5.74, 6) is 0.328. The highest BCUT2D eigenvalue weighted by molar-refractivity contribution is 7.16. The minimum Gasteiger partial charge on any atom is -0.484 e. The third-order valence-electron chi connectivity index (χ3n) is 7.54. The van der Waals surface area contributed by atoms with Crippen molar-refractivity contribution >= 4 is 32.5 Å². The maximum Gasteiger partial charge on any atom is 0.332 e. The number of hydrogen-bond donors (Lipinski definition) is 0. The van der Waals surface area contributed by atoms with Crippen molar-refractivity contribution in [1.82, 2.24) is 13.7 Å². The van der Waals surface area contributed by atoms with Gasteiger partial charge in [0.15, 0.2) is 0 Å². The Kier molecular flexibility index (Phi) is 4.12. The molecule has 7 nitrogen and oxygen atoms in total. The van der Waals surface area contributed by atoms with Crippen LogP contribution < -0.4 is 20.7 Å². The molecular weight excluding hydrogens is 462 g/mol. The molecular formula is C27H21N3O4S. The van der Waals surface area contributed by atoms with Crippen LogP contribution in [0.15, 0.2) is 75.0 Å². The van der Waals surface area contributed by atoms with Gasteiger partial charge in [0.05, 0.1) is 10.9 Å². The van der Waals surface area contributed by atoms with E-state index < -0.39 is 0 Å². The van der Waals surface area contributed by atoms with Gasteiger partial charge in [0.25, 0.3) is 5.56 Å². The van der Waals surface area contributed by atoms with Crippen LogP contribution in [0.4, 0.5) is 0 Å². The molecule has 35 heavy (non-hydrogen) atoms. The monoisotopic (exact) mass is 483 g/mol. The summed E-state index contributed by atoms with van der Waals surface area (Å²) >= 11 is 1.23. The third-order valence-corrected chi connectivity index (χ3v) is 8.52. The molecule has 8 heteroatoms. The van der Waals surface area contributed by atoms with Crippen LogP contribution in [-0.4, -0.2) is 13.7 Å². The van der Waals surface area contributed by atoms with E-state index in [1.807, 2.05) is 53.1 Å². The molecule has 0 radical (unpaired) electrons. The molecule has 5 heterocycles. The predicted molar refractivity (Wildman–Crippen MR) is 136 cm³/mol. The van der Waals surface area contributed by atoms with Gasteiger partial charge in [-0.05, 0) is 23.8 Å². The van der Waals surface area contributed by atoms with E-state index in [0.717, 1.165) is 25.9 Å². The van der Waals surface area contributed by atoms with Crippen molar-refractivity contribution in [2.75, 3.05) is 0 Å². The number of fused-ring (bicyclic) bond motifs is 9. The maximum absolute atomic E-state index is 13.5. The lowest BCUT2D eigenvalue weighted by molar-refractivity contribution is 0.106. The molecule has 0 amide bonds. The minimum atomic E-state index is -0.368. The zero-order valence-electron chi connectivity index (χ0n) is 19.1. The van der Waals surface area contributed by atoms with Gasteiger partial charge in [-0.1, -0.05) is 53.8 Å². The van der Waals surface area contributed by atoms with Crippen LogP contribution >= 0.6 is 11.3 Å². The molecule has 0 unspecified atom stereocenters. The average Bonchev–Trinajstić information content (AvgIpc) is 3.43. The molecule has 0 aliphatic carbocycles. The Balaban J connectivity index is 1.58. The molecule has 0 saturated carbocycles. The molecule has 7 rings (SSSR count). The van der Waals surface area contributed by atoms with Gasteiger partial charge in [-0.15, -0.1) is 0 Å². The number of aryl methyl sites for hydroxylation is 1. The van der Waals surface area contributed by atoms with Crippen molar-refractivity contribution in [3.05, 3.63) is 108 Å². The van der Waals surface area contributed by atoms with Crippen LogP contribution in [-0.2, 0) is 20.6 Å². The quantitative estimate of drug-likeness (QED) is 0.366. The average molecular weight is 484 g/mol. The van der Waals surface area contributed by atoms with E-state index in [4.69, 9.17) is 4.74 Å². The van der Waals surface area contributed by atoms with E-state index in [2.05, 4.69) is 12.1 Å². The van der Waals surface area contributed by atoms with E-state index in [1.54, 1.807) is 7.05 Å². The highest BCUT2D eigenvalue weighted by Gasteiger charge is 2.48. The van der Waals surface area contributed by atoms with E-state index in [9.17, 15) is 14.4 Å². The SMILES string of the molecule is Cn1c(=O)c2cc3n(c2n(C)c1=O)C[C@@H]1[C@H]3c2c(c3ccccc3sc2=O)O[C@@H]1c1ccccc1. The summed E-state index contributed by atoms with van der Waals surface area (Å²) < 4.78 is 12.3. The zero-order valence-corrected chi connectivity index (χ0v) is 19.9. The molecule has 3 atom stereocenters. The van der Waals surface area contributed by atoms with Gasteiger partial charge < -0.3 is 9.30 Å². The summed E-state index contributed by atoms with van der Waals surface area (Å²) in [5.41, 5.74) is 2.47. The Morgan fingerprint density at radius 2 is 1.66 bits per heavy atom. The molecule has 5 aromatic rings. The second kappa shape index (κ2) is 7.05. The minimum absolute atomic E-state index is 0.0271. The summed E-state index contributed by atoms with van der Waals surface area (Å²) in [6.07, 6.45) is -0.276. The van der Waals surface area contributed by atoms with Crippen LogP contribution in [0.5, 0.6) is 5.75 Å². The number of aromatic nitrogens is 3. The third kappa shape index (κ3) is 2.63. The first-order valence-electron chi connectivity index (χ1n) is 11.5. The van der Waals surface area contributed by atoms with Crippen molar-refractivity contribution in [2.24, 2.45) is 20.0 Å². The Bertz CT molecular complexity index is 1860. The first kappa shape index (κ1) is 20.5. The normalized spacial score (nSPS) is 20.5.